The minimum absolute atomic E-state index is 0.0220. The molecule has 1 saturated carbocycles. The first-order valence-electron chi connectivity index (χ1n) is 8.28. The maximum absolute atomic E-state index is 11.8. The molecule has 1 fully saturated rings. The van der Waals surface area contributed by atoms with Gasteiger partial charge in [-0.05, 0) is 30.7 Å². The molecule has 23 heavy (non-hydrogen) atoms. The Morgan fingerprint density at radius 3 is 2.57 bits per heavy atom. The van der Waals surface area contributed by atoms with Crippen LogP contribution in [0.2, 0.25) is 0 Å². The van der Waals surface area contributed by atoms with Crippen LogP contribution in [0.25, 0.3) is 0 Å². The fraction of sp³-hybridized carbons (Fsp3) is 0.588. The molecule has 0 unspecified atom stereocenters. The summed E-state index contributed by atoms with van der Waals surface area (Å²) in [7, 11) is 0. The highest BCUT2D eigenvalue weighted by Gasteiger charge is 2.16. The molecule has 0 radical (unpaired) electrons. The van der Waals surface area contributed by atoms with Gasteiger partial charge in [0.05, 0.1) is 11.4 Å². The molecule has 1 heterocycles. The molecule has 5 nitrogen and oxygen atoms in total. The third-order valence-electron chi connectivity index (χ3n) is 4.02. The first-order valence-corrected chi connectivity index (χ1v) is 9.16. The Morgan fingerprint density at radius 2 is 1.87 bits per heavy atom. The second-order valence-electron chi connectivity index (χ2n) is 5.93. The topological polar surface area (TPSA) is 75.3 Å². The fourth-order valence-electron chi connectivity index (χ4n) is 2.76. The van der Waals surface area contributed by atoms with Crippen molar-refractivity contribution in [3.05, 3.63) is 22.4 Å². The minimum Gasteiger partial charge on any atom is -0.352 e. The standard InChI is InChI=1S/C17H24N2O3S/c20-14(15-9-5-11-23-15)8-4-10-16(21)18-12-17(22)19-13-6-2-1-3-7-13/h5,9,11,13H,1-4,6-8,10,12H2,(H,18,21)(H,19,22). The van der Waals surface area contributed by atoms with E-state index in [1.165, 1.54) is 17.8 Å². The Morgan fingerprint density at radius 1 is 1.09 bits per heavy atom. The van der Waals surface area contributed by atoms with Crippen LogP contribution < -0.4 is 10.6 Å². The molecule has 0 spiro atoms. The van der Waals surface area contributed by atoms with Crippen molar-refractivity contribution in [1.82, 2.24) is 10.6 Å². The average molecular weight is 336 g/mol. The van der Waals surface area contributed by atoms with Crippen LogP contribution in [0.3, 0.4) is 0 Å². The van der Waals surface area contributed by atoms with Gasteiger partial charge in [-0.3, -0.25) is 14.4 Å². The lowest BCUT2D eigenvalue weighted by Crippen LogP contribution is -2.42. The molecule has 1 aliphatic carbocycles. The molecule has 2 N–H and O–H groups in total. The van der Waals surface area contributed by atoms with Crippen molar-refractivity contribution in [1.29, 1.82) is 0 Å². The van der Waals surface area contributed by atoms with Crippen molar-refractivity contribution in [3.63, 3.8) is 0 Å². The number of nitrogens with one attached hydrogen (secondary N) is 2. The van der Waals surface area contributed by atoms with Crippen molar-refractivity contribution in [2.24, 2.45) is 0 Å². The number of carbonyl (C=O) groups excluding carboxylic acids is 3. The van der Waals surface area contributed by atoms with Gasteiger partial charge < -0.3 is 10.6 Å². The van der Waals surface area contributed by atoms with Crippen molar-refractivity contribution in [2.75, 3.05) is 6.54 Å². The molecule has 0 saturated heterocycles. The lowest BCUT2D eigenvalue weighted by Gasteiger charge is -2.22. The van der Waals surface area contributed by atoms with Crippen LogP contribution in [0, 0.1) is 0 Å². The van der Waals surface area contributed by atoms with Gasteiger partial charge in [-0.2, -0.15) is 0 Å². The Balaban J connectivity index is 1.55. The normalized spacial score (nSPS) is 15.1. The van der Waals surface area contributed by atoms with Crippen LogP contribution in [0.4, 0.5) is 0 Å². The summed E-state index contributed by atoms with van der Waals surface area (Å²) >= 11 is 1.42. The zero-order valence-corrected chi connectivity index (χ0v) is 14.1. The summed E-state index contributed by atoms with van der Waals surface area (Å²) < 4.78 is 0. The van der Waals surface area contributed by atoms with Crippen molar-refractivity contribution in [3.8, 4) is 0 Å². The second kappa shape index (κ2) is 9.45. The molecule has 0 atom stereocenters. The summed E-state index contributed by atoms with van der Waals surface area (Å²) in [6, 6.07) is 3.90. The Bertz CT molecular complexity index is 522. The summed E-state index contributed by atoms with van der Waals surface area (Å²) in [4.78, 5) is 36.0. The maximum Gasteiger partial charge on any atom is 0.239 e. The van der Waals surface area contributed by atoms with E-state index >= 15 is 0 Å². The zero-order chi connectivity index (χ0) is 16.5. The van der Waals surface area contributed by atoms with Crippen molar-refractivity contribution >= 4 is 28.9 Å². The highest BCUT2D eigenvalue weighted by molar-refractivity contribution is 7.12. The van der Waals surface area contributed by atoms with Gasteiger partial charge in [0, 0.05) is 18.9 Å². The van der Waals surface area contributed by atoms with Crippen LogP contribution in [0.15, 0.2) is 17.5 Å². The summed E-state index contributed by atoms with van der Waals surface area (Å²) in [5.74, 6) is -0.231. The SMILES string of the molecule is O=C(CCCC(=O)c1cccs1)NCC(=O)NC1CCCCC1. The first kappa shape index (κ1) is 17.7. The second-order valence-corrected chi connectivity index (χ2v) is 6.88. The number of rotatable bonds is 8. The molecule has 6 heteroatoms. The number of ketones is 1. The molecule has 1 aromatic rings. The molecule has 126 valence electrons. The van der Waals surface area contributed by atoms with E-state index < -0.39 is 0 Å². The van der Waals surface area contributed by atoms with Gasteiger partial charge in [-0.15, -0.1) is 11.3 Å². The summed E-state index contributed by atoms with van der Waals surface area (Å²) in [6.07, 6.45) is 6.77. The van der Waals surface area contributed by atoms with Gasteiger partial charge in [0.2, 0.25) is 11.8 Å². The minimum atomic E-state index is -0.178. The highest BCUT2D eigenvalue weighted by Crippen LogP contribution is 2.17. The average Bonchev–Trinajstić information content (AvgIpc) is 3.08. The van der Waals surface area contributed by atoms with Crippen LogP contribution >= 0.6 is 11.3 Å². The molecule has 0 aromatic carbocycles. The molecule has 2 rings (SSSR count). The maximum atomic E-state index is 11.8. The summed E-state index contributed by atoms with van der Waals surface area (Å²) in [6.45, 7) is 0.0220. The van der Waals surface area contributed by atoms with E-state index in [1.807, 2.05) is 11.4 Å². The fourth-order valence-corrected chi connectivity index (χ4v) is 3.46. The van der Waals surface area contributed by atoms with E-state index in [1.54, 1.807) is 6.07 Å². The van der Waals surface area contributed by atoms with E-state index in [9.17, 15) is 14.4 Å². The monoisotopic (exact) mass is 336 g/mol. The highest BCUT2D eigenvalue weighted by atomic mass is 32.1. The van der Waals surface area contributed by atoms with E-state index in [-0.39, 0.29) is 36.6 Å². The number of Topliss-reactive ketones (excluding diaryl/α,β-unsaturated/α-hetero) is 1. The Hall–Kier alpha value is -1.69. The molecular formula is C17H24N2O3S. The smallest absolute Gasteiger partial charge is 0.239 e. The number of carbonyl (C=O) groups is 3. The molecular weight excluding hydrogens is 312 g/mol. The predicted molar refractivity (Wildman–Crippen MR) is 90.5 cm³/mol. The van der Waals surface area contributed by atoms with Crippen LogP contribution in [-0.4, -0.2) is 30.2 Å². The molecule has 2 amide bonds. The number of hydrogen-bond donors (Lipinski definition) is 2. The summed E-state index contributed by atoms with van der Waals surface area (Å²) in [5, 5.41) is 7.45. The Labute approximate surface area is 140 Å². The lowest BCUT2D eigenvalue weighted by molar-refractivity contribution is -0.126. The van der Waals surface area contributed by atoms with Crippen molar-refractivity contribution < 1.29 is 14.4 Å². The quantitative estimate of drug-likeness (QED) is 0.717. The molecule has 1 aromatic heterocycles. The molecule has 0 aliphatic heterocycles. The van der Waals surface area contributed by atoms with Gasteiger partial charge in [-0.25, -0.2) is 0 Å². The van der Waals surface area contributed by atoms with E-state index in [2.05, 4.69) is 10.6 Å². The number of amides is 2. The number of hydrogen-bond acceptors (Lipinski definition) is 4. The van der Waals surface area contributed by atoms with Crippen LogP contribution in [0.1, 0.15) is 61.0 Å². The lowest BCUT2D eigenvalue weighted by atomic mass is 9.95. The van der Waals surface area contributed by atoms with Gasteiger partial charge in [0.15, 0.2) is 5.78 Å². The third-order valence-corrected chi connectivity index (χ3v) is 4.93. The van der Waals surface area contributed by atoms with E-state index in [0.29, 0.717) is 12.8 Å². The zero-order valence-electron chi connectivity index (χ0n) is 13.3. The van der Waals surface area contributed by atoms with Crippen LogP contribution in [0.5, 0.6) is 0 Å². The van der Waals surface area contributed by atoms with Gasteiger partial charge in [0.25, 0.3) is 0 Å². The van der Waals surface area contributed by atoms with Gasteiger partial charge in [-0.1, -0.05) is 25.3 Å². The first-order chi connectivity index (χ1) is 11.1. The van der Waals surface area contributed by atoms with E-state index in [4.69, 9.17) is 0 Å². The Kier molecular flexibility index (Phi) is 7.26. The molecule has 1 aliphatic rings. The van der Waals surface area contributed by atoms with Gasteiger partial charge >= 0.3 is 0 Å². The molecule has 0 bridgehead atoms. The number of thiophene rings is 1. The van der Waals surface area contributed by atoms with Gasteiger partial charge in [0.1, 0.15) is 0 Å². The predicted octanol–water partition coefficient (Wildman–Crippen LogP) is 2.67. The third kappa shape index (κ3) is 6.52. The summed E-state index contributed by atoms with van der Waals surface area (Å²) in [5.41, 5.74) is 0. The van der Waals surface area contributed by atoms with E-state index in [0.717, 1.165) is 30.6 Å². The van der Waals surface area contributed by atoms with Crippen LogP contribution in [-0.2, 0) is 9.59 Å². The largest absolute Gasteiger partial charge is 0.352 e. The van der Waals surface area contributed by atoms with Crippen molar-refractivity contribution in [2.45, 2.75) is 57.4 Å².